The molecule has 0 spiro atoms. The maximum atomic E-state index is 12.5. The van der Waals surface area contributed by atoms with E-state index in [1.807, 2.05) is 6.07 Å². The lowest BCUT2D eigenvalue weighted by molar-refractivity contribution is -0.123. The second-order valence-corrected chi connectivity index (χ2v) is 5.00. The van der Waals surface area contributed by atoms with E-state index in [1.54, 1.807) is 0 Å². The van der Waals surface area contributed by atoms with Crippen LogP contribution in [0.1, 0.15) is 6.42 Å². The molecule has 5 aliphatic rings. The van der Waals surface area contributed by atoms with Gasteiger partial charge in [0.1, 0.15) is 6.07 Å². The third kappa shape index (κ3) is 0.899. The highest BCUT2D eigenvalue weighted by Gasteiger charge is 2.80. The van der Waals surface area contributed by atoms with Crippen LogP contribution in [0, 0.1) is 11.3 Å². The number of hydrogen-bond acceptors (Lipinski definition) is 12. The lowest BCUT2D eigenvalue weighted by Gasteiger charge is -2.16. The minimum Gasteiger partial charge on any atom is -0.294 e. The van der Waals surface area contributed by atoms with Crippen LogP contribution in [0.5, 0.6) is 0 Å². The van der Waals surface area contributed by atoms with E-state index >= 15 is 0 Å². The summed E-state index contributed by atoms with van der Waals surface area (Å²) in [7, 11) is 0. The van der Waals surface area contributed by atoms with Crippen molar-refractivity contribution in [3.05, 3.63) is 0 Å². The maximum absolute atomic E-state index is 12.5. The zero-order chi connectivity index (χ0) is 13.6. The topological polar surface area (TPSA) is 164 Å². The fraction of sp³-hybridized carbons (Fsp3) is 0.750. The van der Waals surface area contributed by atoms with E-state index in [0.29, 0.717) is 0 Å². The molecule has 0 aromatic rings. The molecule has 0 atom stereocenters. The highest BCUT2D eigenvalue weighted by Crippen LogP contribution is 2.59. The standard InChI is InChI=1S/C8H3N11O/c9-2-6(14-15-6)5(12-13-5)1-3(20)7(16-17-7)8(18-19-8)4-10-11-4/h4H,1H2. The summed E-state index contributed by atoms with van der Waals surface area (Å²) in [6.45, 7) is 0. The van der Waals surface area contributed by atoms with Crippen LogP contribution in [-0.4, -0.2) is 34.6 Å². The molecule has 0 aromatic carbocycles. The van der Waals surface area contributed by atoms with Gasteiger partial charge in [0.05, 0.1) is 6.42 Å². The first kappa shape index (κ1) is 10.0. The third-order valence-corrected chi connectivity index (χ3v) is 3.87. The summed E-state index contributed by atoms with van der Waals surface area (Å²) in [6.07, 6.45) is -0.661. The van der Waals surface area contributed by atoms with Gasteiger partial charge in [0, 0.05) is 0 Å². The fourth-order valence-corrected chi connectivity index (χ4v) is 2.27. The van der Waals surface area contributed by atoms with Gasteiger partial charge in [-0.15, -0.1) is 30.7 Å². The first-order valence-electron chi connectivity index (χ1n) is 5.73. The van der Waals surface area contributed by atoms with Crippen molar-refractivity contribution in [1.29, 1.82) is 5.26 Å². The predicted octanol–water partition coefficient (Wildman–Crippen LogP) is 0.909. The Hall–Kier alpha value is -2.84. The molecule has 0 aromatic heterocycles. The van der Waals surface area contributed by atoms with Gasteiger partial charge in [0.25, 0.3) is 11.3 Å². The van der Waals surface area contributed by atoms with Crippen molar-refractivity contribution in [2.24, 2.45) is 51.1 Å². The van der Waals surface area contributed by atoms with Gasteiger partial charge in [-0.1, -0.05) is 0 Å². The van der Waals surface area contributed by atoms with Crippen molar-refractivity contribution >= 4 is 5.78 Å². The Morgan fingerprint density at radius 2 is 1.65 bits per heavy atom. The van der Waals surface area contributed by atoms with Crippen LogP contribution in [-0.2, 0) is 4.79 Å². The summed E-state index contributed by atoms with van der Waals surface area (Å²) in [5.74, 6) is -0.378. The third-order valence-electron chi connectivity index (χ3n) is 3.87. The maximum Gasteiger partial charge on any atom is 0.323 e. The SMILES string of the molecule is N#CC1(C2(CC(=O)C3(C4(C5N=N5)N=N4)N=N3)N=N2)N=N1. The van der Waals surface area contributed by atoms with Crippen LogP contribution >= 0.6 is 0 Å². The Labute approximate surface area is 109 Å². The van der Waals surface area contributed by atoms with Gasteiger partial charge in [-0.05, 0) is 0 Å². The van der Waals surface area contributed by atoms with E-state index in [0.717, 1.165) is 0 Å². The van der Waals surface area contributed by atoms with Gasteiger partial charge in [0.2, 0.25) is 6.17 Å². The summed E-state index contributed by atoms with van der Waals surface area (Å²) < 4.78 is 0. The fourth-order valence-electron chi connectivity index (χ4n) is 2.27. The quantitative estimate of drug-likeness (QED) is 0.699. The molecule has 0 radical (unpaired) electrons. The molecular formula is C8H3N11O. The Balaban J connectivity index is 1.39. The normalized spacial score (nSPS) is 31.8. The number of ketones is 1. The summed E-state index contributed by atoms with van der Waals surface area (Å²) in [4.78, 5) is 12.5. The number of nitriles is 1. The number of hydrogen-bond donors (Lipinski definition) is 0. The van der Waals surface area contributed by atoms with Crippen molar-refractivity contribution in [1.82, 2.24) is 0 Å². The van der Waals surface area contributed by atoms with Crippen LogP contribution in [0.25, 0.3) is 0 Å². The molecule has 0 saturated heterocycles. The van der Waals surface area contributed by atoms with Crippen molar-refractivity contribution in [2.75, 3.05) is 0 Å². The monoisotopic (exact) mass is 269 g/mol. The molecule has 5 rings (SSSR count). The van der Waals surface area contributed by atoms with Gasteiger partial charge in [-0.25, -0.2) is 0 Å². The lowest BCUT2D eigenvalue weighted by Crippen LogP contribution is -2.48. The molecular weight excluding hydrogens is 266 g/mol. The van der Waals surface area contributed by atoms with E-state index < -0.39 is 28.8 Å². The molecule has 20 heavy (non-hydrogen) atoms. The smallest absolute Gasteiger partial charge is 0.294 e. The van der Waals surface area contributed by atoms with E-state index in [4.69, 9.17) is 5.26 Å². The van der Waals surface area contributed by atoms with Crippen molar-refractivity contribution < 1.29 is 4.79 Å². The first-order chi connectivity index (χ1) is 9.62. The number of nitrogens with zero attached hydrogens (tertiary/aromatic N) is 11. The summed E-state index contributed by atoms with van der Waals surface area (Å²) in [6, 6.07) is 1.90. The molecule has 0 aliphatic carbocycles. The van der Waals surface area contributed by atoms with E-state index in [2.05, 4.69) is 51.1 Å². The molecule has 0 amide bonds. The molecule has 0 bridgehead atoms. The van der Waals surface area contributed by atoms with Crippen molar-refractivity contribution in [2.45, 2.75) is 35.2 Å². The lowest BCUT2D eigenvalue weighted by atomic mass is 9.86. The Morgan fingerprint density at radius 1 is 1.00 bits per heavy atom. The molecule has 0 unspecified atom stereocenters. The summed E-state index contributed by atoms with van der Waals surface area (Å²) >= 11 is 0. The minimum absolute atomic E-state index is 0.167. The van der Waals surface area contributed by atoms with Crippen LogP contribution in [0.4, 0.5) is 0 Å². The molecule has 12 nitrogen and oxygen atoms in total. The van der Waals surface area contributed by atoms with Gasteiger partial charge in [0.15, 0.2) is 5.78 Å². The van der Waals surface area contributed by atoms with Gasteiger partial charge in [-0.3, -0.25) is 4.79 Å². The molecule has 96 valence electrons. The average Bonchev–Trinajstić information content (AvgIpc) is 3.30. The average molecular weight is 269 g/mol. The zero-order valence-corrected chi connectivity index (χ0v) is 9.61. The molecule has 0 saturated carbocycles. The number of carbonyl (C=O) groups is 1. The molecule has 5 heterocycles. The van der Waals surface area contributed by atoms with Gasteiger partial charge in [-0.2, -0.15) is 25.7 Å². The van der Waals surface area contributed by atoms with Crippen LogP contribution in [0.15, 0.2) is 51.1 Å². The van der Waals surface area contributed by atoms with Crippen molar-refractivity contribution in [3.63, 3.8) is 0 Å². The summed E-state index contributed by atoms with van der Waals surface area (Å²) in [5, 5.41) is 46.7. The van der Waals surface area contributed by atoms with Crippen molar-refractivity contribution in [3.8, 4) is 6.07 Å². The van der Waals surface area contributed by atoms with E-state index in [1.165, 1.54) is 0 Å². The number of carbonyl (C=O) groups excluding carboxylic acids is 1. The van der Waals surface area contributed by atoms with Crippen LogP contribution in [0.3, 0.4) is 0 Å². The first-order valence-corrected chi connectivity index (χ1v) is 5.73. The molecule has 12 heteroatoms. The molecule has 5 aliphatic heterocycles. The summed E-state index contributed by atoms with van der Waals surface area (Å²) in [5.41, 5.74) is -5.09. The Morgan fingerprint density at radius 3 is 2.00 bits per heavy atom. The second kappa shape index (κ2) is 2.42. The molecule has 0 fully saturated rings. The van der Waals surface area contributed by atoms with Crippen LogP contribution in [0.2, 0.25) is 0 Å². The van der Waals surface area contributed by atoms with Crippen LogP contribution < -0.4 is 0 Å². The highest BCUT2D eigenvalue weighted by atomic mass is 16.1. The van der Waals surface area contributed by atoms with Gasteiger partial charge >= 0.3 is 11.3 Å². The number of Topliss-reactive ketones (excluding diaryl/α,β-unsaturated/α-hetero) is 1. The van der Waals surface area contributed by atoms with Gasteiger partial charge < -0.3 is 0 Å². The second-order valence-electron chi connectivity index (χ2n) is 5.00. The minimum atomic E-state index is -1.38. The largest absolute Gasteiger partial charge is 0.323 e. The molecule has 0 N–H and O–H groups in total. The Kier molecular flexibility index (Phi) is 1.21. The zero-order valence-electron chi connectivity index (χ0n) is 9.61. The predicted molar refractivity (Wildman–Crippen MR) is 54.2 cm³/mol. The van der Waals surface area contributed by atoms with E-state index in [-0.39, 0.29) is 12.2 Å². The highest BCUT2D eigenvalue weighted by molar-refractivity contribution is 5.94. The number of rotatable bonds is 6. The Bertz CT molecular complexity index is 736. The van der Waals surface area contributed by atoms with E-state index in [9.17, 15) is 4.79 Å².